The highest BCUT2D eigenvalue weighted by molar-refractivity contribution is 5.92. The van der Waals surface area contributed by atoms with E-state index in [4.69, 9.17) is 10.2 Å². The van der Waals surface area contributed by atoms with Gasteiger partial charge in [0, 0.05) is 18.2 Å². The molecule has 118 valence electrons. The molecule has 0 aliphatic heterocycles. The van der Waals surface area contributed by atoms with E-state index in [1.165, 1.54) is 12.1 Å². The molecule has 1 saturated carbocycles. The van der Waals surface area contributed by atoms with Crippen LogP contribution in [0.5, 0.6) is 0 Å². The first-order valence-corrected chi connectivity index (χ1v) is 7.03. The molecule has 1 aromatic heterocycles. The van der Waals surface area contributed by atoms with E-state index in [-0.39, 0.29) is 35.9 Å². The number of hydrogen-bond donors (Lipinski definition) is 2. The van der Waals surface area contributed by atoms with E-state index < -0.39 is 0 Å². The van der Waals surface area contributed by atoms with Crippen molar-refractivity contribution in [1.82, 2.24) is 5.32 Å². The summed E-state index contributed by atoms with van der Waals surface area (Å²) in [5.41, 5.74) is 6.66. The third kappa shape index (κ3) is 3.87. The summed E-state index contributed by atoms with van der Waals surface area (Å²) in [6.45, 7) is 0.454. The van der Waals surface area contributed by atoms with Crippen molar-refractivity contribution in [1.29, 1.82) is 0 Å². The van der Waals surface area contributed by atoms with Gasteiger partial charge in [-0.25, -0.2) is 4.39 Å². The maximum atomic E-state index is 12.9. The Morgan fingerprint density at radius 2 is 1.95 bits per heavy atom. The van der Waals surface area contributed by atoms with Gasteiger partial charge in [-0.05, 0) is 55.2 Å². The second-order valence-electron chi connectivity index (χ2n) is 5.38. The van der Waals surface area contributed by atoms with Crippen LogP contribution in [0.1, 0.15) is 23.4 Å². The van der Waals surface area contributed by atoms with Gasteiger partial charge in [0.2, 0.25) is 0 Å². The third-order valence-electron chi connectivity index (χ3n) is 3.68. The molecule has 4 nitrogen and oxygen atoms in total. The smallest absolute Gasteiger partial charge is 0.287 e. The minimum absolute atomic E-state index is 0. The number of amides is 1. The molecule has 22 heavy (non-hydrogen) atoms. The Labute approximate surface area is 134 Å². The van der Waals surface area contributed by atoms with Gasteiger partial charge in [0.15, 0.2) is 5.76 Å². The van der Waals surface area contributed by atoms with Gasteiger partial charge >= 0.3 is 0 Å². The molecular formula is C16H18ClFN2O2. The van der Waals surface area contributed by atoms with Crippen molar-refractivity contribution in [2.45, 2.75) is 18.9 Å². The molecule has 1 amide bonds. The summed E-state index contributed by atoms with van der Waals surface area (Å²) in [6, 6.07) is 9.25. The van der Waals surface area contributed by atoms with Crippen LogP contribution in [0, 0.1) is 11.7 Å². The number of nitrogens with one attached hydrogen (secondary N) is 1. The number of furan rings is 1. The largest absolute Gasteiger partial charge is 0.451 e. The van der Waals surface area contributed by atoms with Crippen LogP contribution in [0.3, 0.4) is 0 Å². The van der Waals surface area contributed by atoms with Gasteiger partial charge in [0.1, 0.15) is 11.6 Å². The molecule has 0 spiro atoms. The summed E-state index contributed by atoms with van der Waals surface area (Å²) in [5.74, 6) is 0.720. The Morgan fingerprint density at radius 3 is 2.59 bits per heavy atom. The van der Waals surface area contributed by atoms with Gasteiger partial charge < -0.3 is 15.5 Å². The van der Waals surface area contributed by atoms with Gasteiger partial charge in [-0.1, -0.05) is 0 Å². The van der Waals surface area contributed by atoms with Crippen LogP contribution >= 0.6 is 12.4 Å². The molecule has 1 aromatic carbocycles. The maximum Gasteiger partial charge on any atom is 0.287 e. The fourth-order valence-electron chi connectivity index (χ4n) is 2.22. The van der Waals surface area contributed by atoms with Crippen molar-refractivity contribution < 1.29 is 13.6 Å². The zero-order valence-electron chi connectivity index (χ0n) is 11.9. The summed E-state index contributed by atoms with van der Waals surface area (Å²) in [4.78, 5) is 12.0. The van der Waals surface area contributed by atoms with Crippen molar-refractivity contribution in [2.75, 3.05) is 6.54 Å². The van der Waals surface area contributed by atoms with Gasteiger partial charge in [-0.2, -0.15) is 0 Å². The lowest BCUT2D eigenvalue weighted by Crippen LogP contribution is -2.38. The molecule has 0 saturated heterocycles. The number of hydrogen-bond acceptors (Lipinski definition) is 3. The molecule has 2 aromatic rings. The third-order valence-corrected chi connectivity index (χ3v) is 3.68. The normalized spacial score (nSPS) is 15.0. The zero-order valence-corrected chi connectivity index (χ0v) is 12.7. The van der Waals surface area contributed by atoms with Crippen LogP contribution in [0.2, 0.25) is 0 Å². The molecule has 3 rings (SSSR count). The Hall–Kier alpha value is -1.85. The molecule has 1 heterocycles. The van der Waals surface area contributed by atoms with E-state index in [2.05, 4.69) is 5.32 Å². The van der Waals surface area contributed by atoms with E-state index in [1.54, 1.807) is 24.3 Å². The molecule has 6 heteroatoms. The molecule has 0 radical (unpaired) electrons. The van der Waals surface area contributed by atoms with Gasteiger partial charge in [0.05, 0.1) is 0 Å². The topological polar surface area (TPSA) is 68.3 Å². The van der Waals surface area contributed by atoms with Crippen molar-refractivity contribution in [2.24, 2.45) is 11.7 Å². The summed E-state index contributed by atoms with van der Waals surface area (Å²) in [5, 5.41) is 2.78. The summed E-state index contributed by atoms with van der Waals surface area (Å²) < 4.78 is 18.4. The Kier molecular flexibility index (Phi) is 5.21. The lowest BCUT2D eigenvalue weighted by Gasteiger charge is -2.10. The first-order chi connectivity index (χ1) is 10.1. The monoisotopic (exact) mass is 324 g/mol. The fourth-order valence-corrected chi connectivity index (χ4v) is 2.22. The quantitative estimate of drug-likeness (QED) is 0.888. The number of carbonyl (C=O) groups excluding carboxylic acids is 1. The SMILES string of the molecule is Cl.NC(CNC(=O)c1ccc(-c2ccc(F)cc2)o1)C1CC1. The van der Waals surface area contributed by atoms with Crippen molar-refractivity contribution >= 4 is 18.3 Å². The lowest BCUT2D eigenvalue weighted by molar-refractivity contribution is 0.0923. The van der Waals surface area contributed by atoms with Crippen molar-refractivity contribution in [3.8, 4) is 11.3 Å². The van der Waals surface area contributed by atoms with Crippen LogP contribution in [-0.2, 0) is 0 Å². The average molecular weight is 325 g/mol. The highest BCUT2D eigenvalue weighted by Gasteiger charge is 2.28. The number of halogens is 2. The summed E-state index contributed by atoms with van der Waals surface area (Å²) >= 11 is 0. The van der Waals surface area contributed by atoms with Gasteiger partial charge in [-0.3, -0.25) is 4.79 Å². The Morgan fingerprint density at radius 1 is 1.27 bits per heavy atom. The van der Waals surface area contributed by atoms with Crippen LogP contribution in [0.15, 0.2) is 40.8 Å². The molecule has 1 unspecified atom stereocenters. The van der Waals surface area contributed by atoms with E-state index in [9.17, 15) is 9.18 Å². The summed E-state index contributed by atoms with van der Waals surface area (Å²) in [6.07, 6.45) is 2.29. The van der Waals surface area contributed by atoms with E-state index in [1.807, 2.05) is 0 Å². The molecule has 1 aliphatic carbocycles. The highest BCUT2D eigenvalue weighted by Crippen LogP contribution is 2.31. The van der Waals surface area contributed by atoms with Gasteiger partial charge in [-0.15, -0.1) is 12.4 Å². The number of nitrogens with two attached hydrogens (primary N) is 1. The standard InChI is InChI=1S/C16H17FN2O2.ClH/c17-12-5-3-11(4-6-12)14-7-8-15(21-14)16(20)19-9-13(18)10-1-2-10;/h3-8,10,13H,1-2,9,18H2,(H,19,20);1H. The second-order valence-corrected chi connectivity index (χ2v) is 5.38. The van der Waals surface area contributed by atoms with E-state index >= 15 is 0 Å². The van der Waals surface area contributed by atoms with Gasteiger partial charge in [0.25, 0.3) is 5.91 Å². The Bertz CT molecular complexity index is 638. The van der Waals surface area contributed by atoms with Crippen molar-refractivity contribution in [3.05, 3.63) is 48.0 Å². The number of carbonyl (C=O) groups is 1. The minimum atomic E-state index is -0.308. The van der Waals surface area contributed by atoms with Crippen LogP contribution < -0.4 is 11.1 Å². The average Bonchev–Trinajstić information content (AvgIpc) is 3.23. The minimum Gasteiger partial charge on any atom is -0.451 e. The molecule has 0 bridgehead atoms. The van der Waals surface area contributed by atoms with Crippen LogP contribution in [-0.4, -0.2) is 18.5 Å². The number of benzene rings is 1. The first-order valence-electron chi connectivity index (χ1n) is 7.03. The lowest BCUT2D eigenvalue weighted by atomic mass is 10.2. The first kappa shape index (κ1) is 16.5. The molecule has 1 aliphatic rings. The highest BCUT2D eigenvalue weighted by atomic mass is 35.5. The second kappa shape index (κ2) is 6.94. The van der Waals surface area contributed by atoms with E-state index in [0.717, 1.165) is 18.4 Å². The van der Waals surface area contributed by atoms with Crippen molar-refractivity contribution in [3.63, 3.8) is 0 Å². The molecule has 1 fully saturated rings. The predicted molar refractivity (Wildman–Crippen MR) is 84.4 cm³/mol. The summed E-state index contributed by atoms with van der Waals surface area (Å²) in [7, 11) is 0. The molecule has 1 atom stereocenters. The molecular weight excluding hydrogens is 307 g/mol. The predicted octanol–water partition coefficient (Wildman–Crippen LogP) is 2.97. The van der Waals surface area contributed by atoms with Crippen LogP contribution in [0.4, 0.5) is 4.39 Å². The zero-order chi connectivity index (χ0) is 14.8. The molecule has 3 N–H and O–H groups in total. The van der Waals surface area contributed by atoms with Crippen LogP contribution in [0.25, 0.3) is 11.3 Å². The Balaban J connectivity index is 0.00000176. The number of rotatable bonds is 5. The maximum absolute atomic E-state index is 12.9. The van der Waals surface area contributed by atoms with E-state index in [0.29, 0.717) is 18.2 Å². The fraction of sp³-hybridized carbons (Fsp3) is 0.312.